The lowest BCUT2D eigenvalue weighted by molar-refractivity contribution is 0.0695. The fraction of sp³-hybridized carbons (Fsp3) is 0.333. The molecule has 37 heavy (non-hydrogen) atoms. The van der Waals surface area contributed by atoms with E-state index in [1.807, 2.05) is 48.2 Å². The predicted molar refractivity (Wildman–Crippen MR) is 139 cm³/mol. The number of likely N-dealkylation sites (tertiary alicyclic amines) is 1. The first kappa shape index (κ1) is 23.4. The average molecular weight is 499 g/mol. The molecule has 3 aromatic carbocycles. The highest BCUT2D eigenvalue weighted by molar-refractivity contribution is 6.02. The maximum atomic E-state index is 13.9. The summed E-state index contributed by atoms with van der Waals surface area (Å²) in [5.41, 5.74) is 4.04. The van der Waals surface area contributed by atoms with Crippen LogP contribution in [0.4, 0.5) is 0 Å². The summed E-state index contributed by atoms with van der Waals surface area (Å²) < 4.78 is 16.8. The van der Waals surface area contributed by atoms with Crippen molar-refractivity contribution in [3.8, 4) is 28.4 Å². The molecule has 1 aliphatic carbocycles. The number of methoxy groups -OCH3 is 1. The van der Waals surface area contributed by atoms with E-state index < -0.39 is 0 Å². The van der Waals surface area contributed by atoms with Crippen LogP contribution in [-0.4, -0.2) is 56.2 Å². The van der Waals surface area contributed by atoms with Crippen molar-refractivity contribution in [2.24, 2.45) is 11.8 Å². The van der Waals surface area contributed by atoms with Gasteiger partial charge in [-0.2, -0.15) is 0 Å². The van der Waals surface area contributed by atoms with Crippen LogP contribution in [0.25, 0.3) is 11.1 Å². The number of fused-ring (bicyclic) bond motifs is 2. The lowest BCUT2D eigenvalue weighted by Crippen LogP contribution is -2.45. The Bertz CT molecular complexity index is 1370. The molecule has 1 saturated carbocycles. The van der Waals surface area contributed by atoms with Gasteiger partial charge in [0.15, 0.2) is 11.5 Å². The van der Waals surface area contributed by atoms with E-state index in [1.54, 1.807) is 25.3 Å². The lowest BCUT2D eigenvalue weighted by Gasteiger charge is -2.29. The van der Waals surface area contributed by atoms with Gasteiger partial charge in [-0.1, -0.05) is 35.9 Å². The molecule has 2 fully saturated rings. The first-order valence-electron chi connectivity index (χ1n) is 12.8. The molecule has 3 aliphatic rings. The fourth-order valence-corrected chi connectivity index (χ4v) is 5.64. The quantitative estimate of drug-likeness (QED) is 0.548. The third-order valence-electron chi connectivity index (χ3n) is 7.63. The zero-order chi connectivity index (χ0) is 25.5. The van der Waals surface area contributed by atoms with Crippen molar-refractivity contribution in [2.45, 2.75) is 19.4 Å². The predicted octanol–water partition coefficient (Wildman–Crippen LogP) is 4.33. The van der Waals surface area contributed by atoms with Gasteiger partial charge >= 0.3 is 0 Å². The van der Waals surface area contributed by atoms with Crippen LogP contribution >= 0.6 is 0 Å². The van der Waals surface area contributed by atoms with Gasteiger partial charge in [-0.25, -0.2) is 0 Å². The summed E-state index contributed by atoms with van der Waals surface area (Å²) in [4.78, 5) is 29.0. The molecule has 0 spiro atoms. The van der Waals surface area contributed by atoms with Gasteiger partial charge in [-0.05, 0) is 66.6 Å². The van der Waals surface area contributed by atoms with Crippen LogP contribution in [0.2, 0.25) is 0 Å². The summed E-state index contributed by atoms with van der Waals surface area (Å²) >= 11 is 0. The highest BCUT2D eigenvalue weighted by Crippen LogP contribution is 2.50. The zero-order valence-corrected chi connectivity index (χ0v) is 21.0. The molecular formula is C30H30N2O5. The number of rotatable bonds is 6. The fourth-order valence-electron chi connectivity index (χ4n) is 5.64. The van der Waals surface area contributed by atoms with E-state index in [-0.39, 0.29) is 17.9 Å². The van der Waals surface area contributed by atoms with Crippen LogP contribution in [0.1, 0.15) is 32.7 Å². The molecule has 0 bridgehead atoms. The number of ether oxygens (including phenoxy) is 3. The van der Waals surface area contributed by atoms with E-state index >= 15 is 0 Å². The van der Waals surface area contributed by atoms with E-state index in [0.717, 1.165) is 28.9 Å². The van der Waals surface area contributed by atoms with Gasteiger partial charge in [-0.15, -0.1) is 0 Å². The molecular weight excluding hydrogens is 468 g/mol. The number of nitrogens with zero attached hydrogens (tertiary/aromatic N) is 1. The third-order valence-corrected chi connectivity index (χ3v) is 7.63. The van der Waals surface area contributed by atoms with Crippen LogP contribution in [0.15, 0.2) is 60.7 Å². The summed E-state index contributed by atoms with van der Waals surface area (Å²) in [6.07, 6.45) is 1.10. The van der Waals surface area contributed by atoms with E-state index in [2.05, 4.69) is 11.4 Å². The Balaban J connectivity index is 1.23. The van der Waals surface area contributed by atoms with Gasteiger partial charge in [0.1, 0.15) is 19.0 Å². The molecule has 3 aromatic rings. The minimum atomic E-state index is -0.216. The van der Waals surface area contributed by atoms with Gasteiger partial charge in [0.25, 0.3) is 11.8 Å². The number of para-hydroxylation sites is 1. The standard InChI is InChI=1S/C30H30N2O5/c1-18-9-10-22(24(13-18)19-5-3-6-21(14-19)35-2)30(34)32-17-20-15-25(20)26(32)16-31-29(33)23-7-4-8-27-28(23)37-12-11-36-27/h3-10,13-14,20,25-26H,11-12,15-17H2,1-2H3,(H,31,33)/t20-,25-,26-/m1/s1. The van der Waals surface area contributed by atoms with Gasteiger partial charge < -0.3 is 24.4 Å². The van der Waals surface area contributed by atoms with Crippen molar-refractivity contribution in [1.82, 2.24) is 10.2 Å². The van der Waals surface area contributed by atoms with Gasteiger partial charge in [0.05, 0.1) is 18.7 Å². The smallest absolute Gasteiger partial charge is 0.255 e. The average Bonchev–Trinajstić information content (AvgIpc) is 3.62. The van der Waals surface area contributed by atoms with Crippen LogP contribution in [0.5, 0.6) is 17.2 Å². The second-order valence-electron chi connectivity index (χ2n) is 10.0. The largest absolute Gasteiger partial charge is 0.497 e. The van der Waals surface area contributed by atoms with Crippen molar-refractivity contribution in [1.29, 1.82) is 0 Å². The molecule has 7 heteroatoms. The Morgan fingerprint density at radius 2 is 1.86 bits per heavy atom. The Kier molecular flexibility index (Phi) is 5.99. The summed E-state index contributed by atoms with van der Waals surface area (Å²) in [6, 6.07) is 19.0. The van der Waals surface area contributed by atoms with E-state index in [0.29, 0.717) is 60.8 Å². The van der Waals surface area contributed by atoms with Crippen LogP contribution < -0.4 is 19.5 Å². The van der Waals surface area contributed by atoms with Crippen molar-refractivity contribution in [2.75, 3.05) is 33.4 Å². The highest BCUT2D eigenvalue weighted by Gasteiger charge is 2.54. The molecule has 0 unspecified atom stereocenters. The minimum Gasteiger partial charge on any atom is -0.497 e. The van der Waals surface area contributed by atoms with Gasteiger partial charge in [-0.3, -0.25) is 9.59 Å². The molecule has 2 aliphatic heterocycles. The van der Waals surface area contributed by atoms with E-state index in [1.165, 1.54) is 0 Å². The highest BCUT2D eigenvalue weighted by atomic mass is 16.6. The maximum Gasteiger partial charge on any atom is 0.255 e. The monoisotopic (exact) mass is 498 g/mol. The summed E-state index contributed by atoms with van der Waals surface area (Å²) in [5.74, 6) is 2.51. The lowest BCUT2D eigenvalue weighted by atomic mass is 9.96. The molecule has 0 aromatic heterocycles. The molecule has 1 N–H and O–H groups in total. The Labute approximate surface area is 216 Å². The molecule has 1 saturated heterocycles. The molecule has 2 amide bonds. The molecule has 7 nitrogen and oxygen atoms in total. The molecule has 0 radical (unpaired) electrons. The number of hydrogen-bond donors (Lipinski definition) is 1. The van der Waals surface area contributed by atoms with Gasteiger partial charge in [0.2, 0.25) is 0 Å². The topological polar surface area (TPSA) is 77.1 Å². The molecule has 3 atom stereocenters. The SMILES string of the molecule is COc1cccc(-c2cc(C)ccc2C(=O)N2C[C@H]3C[C@H]3[C@H]2CNC(=O)c2cccc3c2OCCO3)c1. The second-order valence-corrected chi connectivity index (χ2v) is 10.0. The number of carbonyl (C=O) groups excluding carboxylic acids is 2. The zero-order valence-electron chi connectivity index (χ0n) is 21.0. The van der Waals surface area contributed by atoms with Crippen molar-refractivity contribution in [3.05, 3.63) is 77.4 Å². The molecule has 2 heterocycles. The van der Waals surface area contributed by atoms with Crippen molar-refractivity contribution in [3.63, 3.8) is 0 Å². The number of hydrogen-bond acceptors (Lipinski definition) is 5. The van der Waals surface area contributed by atoms with Gasteiger partial charge in [0, 0.05) is 18.7 Å². The van der Waals surface area contributed by atoms with Crippen molar-refractivity contribution < 1.29 is 23.8 Å². The number of nitrogens with one attached hydrogen (secondary N) is 1. The van der Waals surface area contributed by atoms with E-state index in [4.69, 9.17) is 14.2 Å². The Morgan fingerprint density at radius 1 is 1.03 bits per heavy atom. The Hall–Kier alpha value is -4.00. The summed E-state index contributed by atoms with van der Waals surface area (Å²) in [6.45, 7) is 4.03. The summed E-state index contributed by atoms with van der Waals surface area (Å²) in [5, 5.41) is 3.07. The second kappa shape index (κ2) is 9.47. The molecule has 6 rings (SSSR count). The maximum absolute atomic E-state index is 13.9. The number of piperidine rings is 1. The van der Waals surface area contributed by atoms with E-state index in [9.17, 15) is 9.59 Å². The number of carbonyl (C=O) groups is 2. The third kappa shape index (κ3) is 4.39. The summed E-state index contributed by atoms with van der Waals surface area (Å²) in [7, 11) is 1.64. The number of benzene rings is 3. The van der Waals surface area contributed by atoms with Crippen molar-refractivity contribution >= 4 is 11.8 Å². The number of aryl methyl sites for hydroxylation is 1. The number of amides is 2. The van der Waals surface area contributed by atoms with Crippen LogP contribution in [0, 0.1) is 18.8 Å². The van der Waals surface area contributed by atoms with Crippen LogP contribution in [-0.2, 0) is 0 Å². The molecule has 190 valence electrons. The first-order chi connectivity index (χ1) is 18.0. The minimum absolute atomic E-state index is 0.00177. The normalized spacial score (nSPS) is 21.2. The van der Waals surface area contributed by atoms with Crippen LogP contribution in [0.3, 0.4) is 0 Å². The Morgan fingerprint density at radius 3 is 2.73 bits per heavy atom. The first-order valence-corrected chi connectivity index (χ1v) is 12.8.